The van der Waals surface area contributed by atoms with E-state index in [1.807, 2.05) is 6.07 Å². The maximum atomic E-state index is 5.25. The highest BCUT2D eigenvalue weighted by atomic mass is 16.5. The van der Waals surface area contributed by atoms with E-state index in [1.165, 1.54) is 37.7 Å². The number of rotatable bonds is 5. The first-order valence-electron chi connectivity index (χ1n) is 7.18. The number of methoxy groups -OCH3 is 1. The molecule has 0 aromatic heterocycles. The average Bonchev–Trinajstić information content (AvgIpc) is 2.45. The van der Waals surface area contributed by atoms with Gasteiger partial charge in [0.2, 0.25) is 0 Å². The first kappa shape index (κ1) is 13.4. The molecule has 0 amide bonds. The van der Waals surface area contributed by atoms with Crippen LogP contribution in [0.3, 0.4) is 0 Å². The topological polar surface area (TPSA) is 21.3 Å². The first-order valence-corrected chi connectivity index (χ1v) is 7.18. The average molecular weight is 247 g/mol. The zero-order valence-electron chi connectivity index (χ0n) is 11.6. The summed E-state index contributed by atoms with van der Waals surface area (Å²) >= 11 is 0. The van der Waals surface area contributed by atoms with Crippen LogP contribution >= 0.6 is 0 Å². The van der Waals surface area contributed by atoms with E-state index in [2.05, 4.69) is 30.4 Å². The van der Waals surface area contributed by atoms with Crippen molar-refractivity contribution in [3.05, 3.63) is 29.8 Å². The quantitative estimate of drug-likeness (QED) is 0.855. The minimum Gasteiger partial charge on any atom is -0.497 e. The summed E-state index contributed by atoms with van der Waals surface area (Å²) in [5.41, 5.74) is 1.31. The molecule has 0 heterocycles. The Morgan fingerprint density at radius 1 is 1.33 bits per heavy atom. The molecule has 0 radical (unpaired) electrons. The number of ether oxygens (including phenoxy) is 1. The van der Waals surface area contributed by atoms with E-state index in [0.717, 1.165) is 18.2 Å². The van der Waals surface area contributed by atoms with Gasteiger partial charge in [-0.25, -0.2) is 0 Å². The molecule has 0 spiro atoms. The molecule has 0 bridgehead atoms. The van der Waals surface area contributed by atoms with Crippen molar-refractivity contribution in [1.82, 2.24) is 5.32 Å². The van der Waals surface area contributed by atoms with Crippen LogP contribution in [0.25, 0.3) is 0 Å². The highest BCUT2D eigenvalue weighted by Gasteiger charge is 2.19. The van der Waals surface area contributed by atoms with Crippen LogP contribution in [0.5, 0.6) is 5.75 Å². The minimum atomic E-state index is 0.704. The summed E-state index contributed by atoms with van der Waals surface area (Å²) in [7, 11) is 1.72. The molecule has 0 aliphatic heterocycles. The van der Waals surface area contributed by atoms with Crippen molar-refractivity contribution in [3.8, 4) is 5.75 Å². The monoisotopic (exact) mass is 247 g/mol. The van der Waals surface area contributed by atoms with Crippen LogP contribution in [-0.2, 0) is 6.54 Å². The lowest BCUT2D eigenvalue weighted by molar-refractivity contribution is 0.278. The van der Waals surface area contributed by atoms with Crippen LogP contribution < -0.4 is 10.1 Å². The number of hydrogen-bond acceptors (Lipinski definition) is 2. The summed E-state index contributed by atoms with van der Waals surface area (Å²) in [6, 6.07) is 9.04. The lowest BCUT2D eigenvalue weighted by Crippen LogP contribution is -2.33. The molecule has 2 nitrogen and oxygen atoms in total. The second-order valence-corrected chi connectivity index (χ2v) is 5.37. The second-order valence-electron chi connectivity index (χ2n) is 5.37. The van der Waals surface area contributed by atoms with E-state index in [0.29, 0.717) is 6.04 Å². The van der Waals surface area contributed by atoms with Gasteiger partial charge in [0.25, 0.3) is 0 Å². The molecule has 1 N–H and O–H groups in total. The molecule has 18 heavy (non-hydrogen) atoms. The van der Waals surface area contributed by atoms with E-state index in [-0.39, 0.29) is 0 Å². The number of benzene rings is 1. The Labute approximate surface area is 111 Å². The van der Waals surface area contributed by atoms with Gasteiger partial charge < -0.3 is 10.1 Å². The van der Waals surface area contributed by atoms with Crippen molar-refractivity contribution in [1.29, 1.82) is 0 Å². The number of nitrogens with one attached hydrogen (secondary N) is 1. The molecular formula is C16H25NO. The highest BCUT2D eigenvalue weighted by molar-refractivity contribution is 5.28. The van der Waals surface area contributed by atoms with Gasteiger partial charge in [-0.15, -0.1) is 0 Å². The Morgan fingerprint density at radius 2 is 2.22 bits per heavy atom. The Balaban J connectivity index is 1.83. The minimum absolute atomic E-state index is 0.704. The predicted octanol–water partition coefficient (Wildman–Crippen LogP) is 3.75. The molecule has 2 heteroatoms. The van der Waals surface area contributed by atoms with Gasteiger partial charge in [-0.3, -0.25) is 0 Å². The van der Waals surface area contributed by atoms with E-state index in [9.17, 15) is 0 Å². The van der Waals surface area contributed by atoms with Gasteiger partial charge >= 0.3 is 0 Å². The lowest BCUT2D eigenvalue weighted by atomic mass is 9.84. The zero-order chi connectivity index (χ0) is 12.8. The van der Waals surface area contributed by atoms with Gasteiger partial charge in [0.1, 0.15) is 5.75 Å². The molecule has 1 aromatic carbocycles. The fourth-order valence-electron chi connectivity index (χ4n) is 2.89. The summed E-state index contributed by atoms with van der Waals surface area (Å²) in [6.45, 7) is 3.27. The fraction of sp³-hybridized carbons (Fsp3) is 0.625. The van der Waals surface area contributed by atoms with Crippen molar-refractivity contribution >= 4 is 0 Å². The Bertz CT molecular complexity index is 364. The molecule has 1 fully saturated rings. The van der Waals surface area contributed by atoms with Gasteiger partial charge in [-0.2, -0.15) is 0 Å². The maximum Gasteiger partial charge on any atom is 0.119 e. The molecule has 1 aliphatic carbocycles. The Hall–Kier alpha value is -1.02. The van der Waals surface area contributed by atoms with Crippen LogP contribution in [0.4, 0.5) is 0 Å². The molecule has 1 aromatic rings. The van der Waals surface area contributed by atoms with Gasteiger partial charge in [0, 0.05) is 12.6 Å². The summed E-state index contributed by atoms with van der Waals surface area (Å²) in [4.78, 5) is 0. The second kappa shape index (κ2) is 6.79. The molecule has 2 unspecified atom stereocenters. The summed E-state index contributed by atoms with van der Waals surface area (Å²) in [5, 5.41) is 3.70. The van der Waals surface area contributed by atoms with E-state index in [1.54, 1.807) is 7.11 Å². The third kappa shape index (κ3) is 3.74. The summed E-state index contributed by atoms with van der Waals surface area (Å²) in [5.74, 6) is 1.88. The van der Waals surface area contributed by atoms with Crippen LogP contribution in [0.1, 0.15) is 44.6 Å². The molecule has 100 valence electrons. The Kier molecular flexibility index (Phi) is 5.06. The third-order valence-electron chi connectivity index (χ3n) is 4.09. The smallest absolute Gasteiger partial charge is 0.119 e. The molecule has 2 rings (SSSR count). The summed E-state index contributed by atoms with van der Waals surface area (Å²) < 4.78 is 5.25. The first-order chi connectivity index (χ1) is 8.81. The standard InChI is InChI=1S/C16H25NO/c1-3-13-6-4-8-15(10-13)17-12-14-7-5-9-16(11-14)18-2/h5,7,9,11,13,15,17H,3-4,6,8,10,12H2,1-2H3. The van der Waals surface area contributed by atoms with E-state index >= 15 is 0 Å². The molecule has 2 atom stereocenters. The molecular weight excluding hydrogens is 222 g/mol. The molecule has 1 aliphatic rings. The fourth-order valence-corrected chi connectivity index (χ4v) is 2.89. The van der Waals surface area contributed by atoms with Gasteiger partial charge in [0.15, 0.2) is 0 Å². The molecule has 0 saturated heterocycles. The van der Waals surface area contributed by atoms with Crippen LogP contribution in [0.2, 0.25) is 0 Å². The summed E-state index contributed by atoms with van der Waals surface area (Å²) in [6.07, 6.45) is 6.82. The van der Waals surface area contributed by atoms with Gasteiger partial charge in [0.05, 0.1) is 7.11 Å². The van der Waals surface area contributed by atoms with Crippen LogP contribution in [0.15, 0.2) is 24.3 Å². The van der Waals surface area contributed by atoms with Gasteiger partial charge in [-0.1, -0.05) is 38.3 Å². The Morgan fingerprint density at radius 3 is 3.00 bits per heavy atom. The van der Waals surface area contributed by atoms with Crippen molar-refractivity contribution < 1.29 is 4.74 Å². The largest absolute Gasteiger partial charge is 0.497 e. The van der Waals surface area contributed by atoms with Crippen LogP contribution in [0, 0.1) is 5.92 Å². The zero-order valence-corrected chi connectivity index (χ0v) is 11.6. The number of hydrogen-bond donors (Lipinski definition) is 1. The van der Waals surface area contributed by atoms with Crippen molar-refractivity contribution in [2.75, 3.05) is 7.11 Å². The maximum absolute atomic E-state index is 5.25. The van der Waals surface area contributed by atoms with E-state index in [4.69, 9.17) is 4.74 Å². The van der Waals surface area contributed by atoms with E-state index < -0.39 is 0 Å². The van der Waals surface area contributed by atoms with Crippen molar-refractivity contribution in [2.45, 2.75) is 51.6 Å². The van der Waals surface area contributed by atoms with Crippen molar-refractivity contribution in [2.24, 2.45) is 5.92 Å². The normalized spacial score (nSPS) is 23.9. The third-order valence-corrected chi connectivity index (χ3v) is 4.09. The molecule has 1 saturated carbocycles. The van der Waals surface area contributed by atoms with Gasteiger partial charge in [-0.05, 0) is 36.5 Å². The lowest BCUT2D eigenvalue weighted by Gasteiger charge is -2.29. The SMILES string of the molecule is CCC1CCCC(NCc2cccc(OC)c2)C1. The predicted molar refractivity (Wildman–Crippen MR) is 75.9 cm³/mol. The highest BCUT2D eigenvalue weighted by Crippen LogP contribution is 2.26. The van der Waals surface area contributed by atoms with Crippen molar-refractivity contribution in [3.63, 3.8) is 0 Å². The van der Waals surface area contributed by atoms with Crippen LogP contribution in [-0.4, -0.2) is 13.2 Å².